The number of hydrogen-bond acceptors (Lipinski definition) is 3. The Labute approximate surface area is 107 Å². The summed E-state index contributed by atoms with van der Waals surface area (Å²) >= 11 is 0. The number of rotatable bonds is 5. The van der Waals surface area contributed by atoms with Crippen LogP contribution in [-0.4, -0.2) is 49.8 Å². The molecule has 1 N–H and O–H groups in total. The fourth-order valence-corrected chi connectivity index (χ4v) is 2.60. The molecule has 0 aliphatic carbocycles. The molecule has 17 heavy (non-hydrogen) atoms. The lowest BCUT2D eigenvalue weighted by atomic mass is 9.84. The maximum atomic E-state index is 5.43. The van der Waals surface area contributed by atoms with Crippen molar-refractivity contribution in [3.63, 3.8) is 0 Å². The summed E-state index contributed by atoms with van der Waals surface area (Å²) in [5.41, 5.74) is 0.346. The largest absolute Gasteiger partial charge is 0.382 e. The lowest BCUT2D eigenvalue weighted by Crippen LogP contribution is -2.59. The molecular weight excluding hydrogens is 212 g/mol. The summed E-state index contributed by atoms with van der Waals surface area (Å²) in [7, 11) is 0. The molecule has 0 spiro atoms. The van der Waals surface area contributed by atoms with E-state index in [1.165, 1.54) is 0 Å². The van der Waals surface area contributed by atoms with Gasteiger partial charge >= 0.3 is 0 Å². The van der Waals surface area contributed by atoms with Crippen molar-refractivity contribution in [1.82, 2.24) is 10.2 Å². The van der Waals surface area contributed by atoms with E-state index in [1.54, 1.807) is 0 Å². The van der Waals surface area contributed by atoms with Crippen LogP contribution in [0.3, 0.4) is 0 Å². The van der Waals surface area contributed by atoms with Crippen LogP contribution < -0.4 is 5.32 Å². The Bertz CT molecular complexity index is 213. The minimum absolute atomic E-state index is 0.346. The second-order valence-corrected chi connectivity index (χ2v) is 6.24. The van der Waals surface area contributed by atoms with Crippen molar-refractivity contribution in [3.05, 3.63) is 0 Å². The maximum Gasteiger partial charge on any atom is 0.0478 e. The van der Waals surface area contributed by atoms with Gasteiger partial charge in [0.15, 0.2) is 0 Å². The third-order valence-electron chi connectivity index (χ3n) is 3.55. The molecule has 102 valence electrons. The van der Waals surface area contributed by atoms with Crippen LogP contribution >= 0.6 is 0 Å². The van der Waals surface area contributed by atoms with Crippen molar-refractivity contribution in [2.45, 2.75) is 53.1 Å². The van der Waals surface area contributed by atoms with Crippen molar-refractivity contribution in [1.29, 1.82) is 0 Å². The third-order valence-corrected chi connectivity index (χ3v) is 3.55. The number of nitrogens with zero attached hydrogens (tertiary/aromatic N) is 1. The summed E-state index contributed by atoms with van der Waals surface area (Å²) in [6, 6.07) is 1.25. The zero-order chi connectivity index (χ0) is 12.9. The Hall–Kier alpha value is -0.120. The monoisotopic (exact) mass is 242 g/mol. The number of ether oxygens (including phenoxy) is 1. The lowest BCUT2D eigenvalue weighted by molar-refractivity contribution is 0.0477. The molecule has 1 heterocycles. The highest BCUT2D eigenvalue weighted by Gasteiger charge is 2.33. The van der Waals surface area contributed by atoms with E-state index in [2.05, 4.69) is 44.8 Å². The number of hydrogen-bond donors (Lipinski definition) is 1. The molecule has 2 unspecified atom stereocenters. The van der Waals surface area contributed by atoms with E-state index < -0.39 is 0 Å². The average Bonchev–Trinajstić information content (AvgIpc) is 2.23. The van der Waals surface area contributed by atoms with Crippen molar-refractivity contribution < 1.29 is 4.74 Å². The van der Waals surface area contributed by atoms with E-state index in [9.17, 15) is 0 Å². The zero-order valence-corrected chi connectivity index (χ0v) is 12.3. The predicted molar refractivity (Wildman–Crippen MR) is 73.4 cm³/mol. The minimum Gasteiger partial charge on any atom is -0.382 e. The van der Waals surface area contributed by atoms with E-state index in [0.717, 1.165) is 39.3 Å². The van der Waals surface area contributed by atoms with Crippen LogP contribution in [0.15, 0.2) is 0 Å². The van der Waals surface area contributed by atoms with Gasteiger partial charge in [-0.1, -0.05) is 20.8 Å². The van der Waals surface area contributed by atoms with E-state index in [-0.39, 0.29) is 0 Å². The van der Waals surface area contributed by atoms with Crippen LogP contribution in [-0.2, 0) is 4.74 Å². The second-order valence-electron chi connectivity index (χ2n) is 6.24. The first-order chi connectivity index (χ1) is 7.95. The summed E-state index contributed by atoms with van der Waals surface area (Å²) in [4.78, 5) is 2.64. The predicted octanol–water partition coefficient (Wildman–Crippen LogP) is 2.12. The van der Waals surface area contributed by atoms with Gasteiger partial charge in [0.2, 0.25) is 0 Å². The van der Waals surface area contributed by atoms with Crippen molar-refractivity contribution in [2.24, 2.45) is 5.41 Å². The molecule has 0 aromatic carbocycles. The van der Waals surface area contributed by atoms with E-state index in [1.807, 2.05) is 0 Å². The van der Waals surface area contributed by atoms with Crippen molar-refractivity contribution in [2.75, 3.05) is 32.8 Å². The first kappa shape index (κ1) is 14.9. The first-order valence-electron chi connectivity index (χ1n) is 7.00. The van der Waals surface area contributed by atoms with E-state index in [0.29, 0.717) is 17.5 Å². The van der Waals surface area contributed by atoms with Gasteiger partial charge in [0, 0.05) is 44.9 Å². The summed E-state index contributed by atoms with van der Waals surface area (Å²) < 4.78 is 5.43. The van der Waals surface area contributed by atoms with Gasteiger partial charge in [0.25, 0.3) is 0 Å². The van der Waals surface area contributed by atoms with Crippen molar-refractivity contribution in [3.8, 4) is 0 Å². The topological polar surface area (TPSA) is 24.5 Å². The second kappa shape index (κ2) is 6.72. The zero-order valence-electron chi connectivity index (χ0n) is 12.3. The molecule has 2 atom stereocenters. The molecule has 3 heteroatoms. The first-order valence-corrected chi connectivity index (χ1v) is 7.00. The molecule has 0 amide bonds. The van der Waals surface area contributed by atoms with Gasteiger partial charge in [0.05, 0.1) is 0 Å². The Morgan fingerprint density at radius 3 is 2.65 bits per heavy atom. The fraction of sp³-hybridized carbons (Fsp3) is 1.00. The molecule has 0 aromatic heterocycles. The summed E-state index contributed by atoms with van der Waals surface area (Å²) in [6.45, 7) is 16.5. The SMILES string of the molecule is CCOCCCN1CC(C)NCC1C(C)(C)C. The van der Waals surface area contributed by atoms with Gasteiger partial charge < -0.3 is 10.1 Å². The average molecular weight is 242 g/mol. The van der Waals surface area contributed by atoms with Crippen LogP contribution in [0.1, 0.15) is 41.0 Å². The van der Waals surface area contributed by atoms with Gasteiger partial charge in [-0.2, -0.15) is 0 Å². The van der Waals surface area contributed by atoms with Crippen molar-refractivity contribution >= 4 is 0 Å². The van der Waals surface area contributed by atoms with Crippen LogP contribution in [0.5, 0.6) is 0 Å². The Kier molecular flexibility index (Phi) is 5.90. The number of piperazine rings is 1. The molecule has 0 radical (unpaired) electrons. The van der Waals surface area contributed by atoms with Gasteiger partial charge in [0.1, 0.15) is 0 Å². The van der Waals surface area contributed by atoms with E-state index in [4.69, 9.17) is 4.74 Å². The van der Waals surface area contributed by atoms with Crippen LogP contribution in [0.4, 0.5) is 0 Å². The highest BCUT2D eigenvalue weighted by atomic mass is 16.5. The van der Waals surface area contributed by atoms with Crippen LogP contribution in [0.25, 0.3) is 0 Å². The van der Waals surface area contributed by atoms with Gasteiger partial charge in [-0.05, 0) is 25.7 Å². The highest BCUT2D eigenvalue weighted by Crippen LogP contribution is 2.26. The molecule has 1 rings (SSSR count). The van der Waals surface area contributed by atoms with Gasteiger partial charge in [-0.25, -0.2) is 0 Å². The molecule has 1 saturated heterocycles. The standard InChI is InChI=1S/C14H30N2O/c1-6-17-9-7-8-16-11-12(2)15-10-13(16)14(3,4)5/h12-13,15H,6-11H2,1-5H3. The van der Waals surface area contributed by atoms with E-state index >= 15 is 0 Å². The molecule has 1 aliphatic rings. The summed E-state index contributed by atoms with van der Waals surface area (Å²) in [6.07, 6.45) is 1.15. The molecule has 1 fully saturated rings. The summed E-state index contributed by atoms with van der Waals surface area (Å²) in [5.74, 6) is 0. The molecule has 0 saturated carbocycles. The summed E-state index contributed by atoms with van der Waals surface area (Å²) in [5, 5.41) is 3.60. The molecule has 0 bridgehead atoms. The normalized spacial score (nSPS) is 27.4. The third kappa shape index (κ3) is 4.94. The maximum absolute atomic E-state index is 5.43. The molecular formula is C14H30N2O. The smallest absolute Gasteiger partial charge is 0.0478 e. The molecule has 0 aromatic rings. The Morgan fingerprint density at radius 2 is 2.06 bits per heavy atom. The Morgan fingerprint density at radius 1 is 1.35 bits per heavy atom. The lowest BCUT2D eigenvalue weighted by Gasteiger charge is -2.46. The van der Waals surface area contributed by atoms with Crippen LogP contribution in [0.2, 0.25) is 0 Å². The quantitative estimate of drug-likeness (QED) is 0.747. The fourth-order valence-electron chi connectivity index (χ4n) is 2.60. The molecule has 3 nitrogen and oxygen atoms in total. The minimum atomic E-state index is 0.346. The molecule has 1 aliphatic heterocycles. The number of nitrogens with one attached hydrogen (secondary N) is 1. The van der Waals surface area contributed by atoms with Gasteiger partial charge in [-0.3, -0.25) is 4.90 Å². The highest BCUT2D eigenvalue weighted by molar-refractivity contribution is 4.91. The Balaban J connectivity index is 2.44. The van der Waals surface area contributed by atoms with Crippen LogP contribution in [0, 0.1) is 5.41 Å². The van der Waals surface area contributed by atoms with Gasteiger partial charge in [-0.15, -0.1) is 0 Å².